The average molecular weight is 261 g/mol. The SMILES string of the molecule is CCNCC1CCC1c1ccc2c(c1)OCCCO2. The number of hydrogen-bond donors (Lipinski definition) is 1. The summed E-state index contributed by atoms with van der Waals surface area (Å²) in [6.45, 7) is 5.89. The molecule has 1 aliphatic heterocycles. The summed E-state index contributed by atoms with van der Waals surface area (Å²) in [5, 5.41) is 3.47. The Balaban J connectivity index is 1.73. The number of fused-ring (bicyclic) bond motifs is 1. The van der Waals surface area contributed by atoms with Gasteiger partial charge in [0.2, 0.25) is 0 Å². The highest BCUT2D eigenvalue weighted by Gasteiger charge is 2.32. The van der Waals surface area contributed by atoms with Gasteiger partial charge in [-0.1, -0.05) is 13.0 Å². The van der Waals surface area contributed by atoms with Gasteiger partial charge in [-0.05, 0) is 55.5 Å². The molecule has 3 nitrogen and oxygen atoms in total. The maximum absolute atomic E-state index is 5.78. The molecular weight excluding hydrogens is 238 g/mol. The van der Waals surface area contributed by atoms with Crippen LogP contribution in [0.25, 0.3) is 0 Å². The van der Waals surface area contributed by atoms with Crippen LogP contribution in [0.2, 0.25) is 0 Å². The molecule has 2 atom stereocenters. The van der Waals surface area contributed by atoms with E-state index < -0.39 is 0 Å². The quantitative estimate of drug-likeness (QED) is 0.904. The zero-order valence-electron chi connectivity index (χ0n) is 11.7. The molecule has 0 spiro atoms. The van der Waals surface area contributed by atoms with Crippen LogP contribution in [0.15, 0.2) is 18.2 Å². The Kier molecular flexibility index (Phi) is 3.92. The third kappa shape index (κ3) is 2.71. The molecule has 104 valence electrons. The Morgan fingerprint density at radius 1 is 1.16 bits per heavy atom. The van der Waals surface area contributed by atoms with E-state index in [1.807, 2.05) is 0 Å². The van der Waals surface area contributed by atoms with Crippen molar-refractivity contribution in [2.24, 2.45) is 5.92 Å². The van der Waals surface area contributed by atoms with E-state index >= 15 is 0 Å². The van der Waals surface area contributed by atoms with Gasteiger partial charge in [0.1, 0.15) is 0 Å². The molecule has 2 unspecified atom stereocenters. The molecule has 1 aromatic rings. The van der Waals surface area contributed by atoms with Crippen LogP contribution in [0.3, 0.4) is 0 Å². The Morgan fingerprint density at radius 2 is 2.00 bits per heavy atom. The summed E-state index contributed by atoms with van der Waals surface area (Å²) in [6, 6.07) is 6.50. The van der Waals surface area contributed by atoms with Crippen molar-refractivity contribution in [3.63, 3.8) is 0 Å². The van der Waals surface area contributed by atoms with Gasteiger partial charge in [0, 0.05) is 6.42 Å². The standard InChI is InChI=1S/C16H23NO2/c1-2-17-11-13-4-6-14(13)12-5-7-15-16(10-12)19-9-3-8-18-15/h5,7,10,13-14,17H,2-4,6,8-9,11H2,1H3. The third-order valence-electron chi connectivity index (χ3n) is 4.27. The lowest BCUT2D eigenvalue weighted by Gasteiger charge is -2.37. The molecular formula is C16H23NO2. The van der Waals surface area contributed by atoms with Gasteiger partial charge in [0.05, 0.1) is 13.2 Å². The van der Waals surface area contributed by atoms with E-state index in [1.54, 1.807) is 0 Å². The van der Waals surface area contributed by atoms with Gasteiger partial charge in [-0.3, -0.25) is 0 Å². The van der Waals surface area contributed by atoms with Crippen LogP contribution in [-0.2, 0) is 0 Å². The van der Waals surface area contributed by atoms with Crippen molar-refractivity contribution in [1.29, 1.82) is 0 Å². The predicted molar refractivity (Wildman–Crippen MR) is 76.1 cm³/mol. The van der Waals surface area contributed by atoms with Crippen LogP contribution in [0.4, 0.5) is 0 Å². The fourth-order valence-electron chi connectivity index (χ4n) is 2.99. The average Bonchev–Trinajstić information content (AvgIpc) is 2.62. The summed E-state index contributed by atoms with van der Waals surface area (Å²) in [5.41, 5.74) is 1.42. The number of rotatable bonds is 4. The maximum atomic E-state index is 5.78. The van der Waals surface area contributed by atoms with Gasteiger partial charge in [-0.2, -0.15) is 0 Å². The molecule has 2 aliphatic rings. The van der Waals surface area contributed by atoms with Gasteiger partial charge >= 0.3 is 0 Å². The first kappa shape index (κ1) is 12.8. The number of nitrogens with one attached hydrogen (secondary N) is 1. The van der Waals surface area contributed by atoms with E-state index in [1.165, 1.54) is 18.4 Å². The summed E-state index contributed by atoms with van der Waals surface area (Å²) < 4.78 is 11.5. The number of ether oxygens (including phenoxy) is 2. The van der Waals surface area contributed by atoms with E-state index in [9.17, 15) is 0 Å². The van der Waals surface area contributed by atoms with Crippen LogP contribution in [-0.4, -0.2) is 26.3 Å². The topological polar surface area (TPSA) is 30.5 Å². The van der Waals surface area contributed by atoms with Crippen molar-refractivity contribution >= 4 is 0 Å². The second-order valence-electron chi connectivity index (χ2n) is 5.51. The lowest BCUT2D eigenvalue weighted by molar-refractivity contribution is 0.246. The fraction of sp³-hybridized carbons (Fsp3) is 0.625. The van der Waals surface area contributed by atoms with Crippen LogP contribution in [0.5, 0.6) is 11.5 Å². The number of hydrogen-bond acceptors (Lipinski definition) is 3. The van der Waals surface area contributed by atoms with Gasteiger partial charge in [-0.25, -0.2) is 0 Å². The van der Waals surface area contributed by atoms with E-state index in [4.69, 9.17) is 9.47 Å². The largest absolute Gasteiger partial charge is 0.490 e. The lowest BCUT2D eigenvalue weighted by atomic mass is 9.70. The van der Waals surface area contributed by atoms with Crippen molar-refractivity contribution in [1.82, 2.24) is 5.32 Å². The molecule has 1 aliphatic carbocycles. The van der Waals surface area contributed by atoms with Crippen LogP contribution in [0.1, 0.15) is 37.7 Å². The zero-order valence-corrected chi connectivity index (χ0v) is 11.7. The number of benzene rings is 1. The minimum Gasteiger partial charge on any atom is -0.490 e. The van der Waals surface area contributed by atoms with Crippen molar-refractivity contribution < 1.29 is 9.47 Å². The molecule has 1 heterocycles. The minimum atomic E-state index is 0.691. The molecule has 3 rings (SSSR count). The zero-order chi connectivity index (χ0) is 13.1. The van der Waals surface area contributed by atoms with E-state index in [2.05, 4.69) is 30.4 Å². The van der Waals surface area contributed by atoms with Gasteiger partial charge < -0.3 is 14.8 Å². The normalized spacial score (nSPS) is 25.5. The fourth-order valence-corrected chi connectivity index (χ4v) is 2.99. The first-order valence-corrected chi connectivity index (χ1v) is 7.48. The third-order valence-corrected chi connectivity index (χ3v) is 4.27. The van der Waals surface area contributed by atoms with Crippen molar-refractivity contribution in [3.05, 3.63) is 23.8 Å². The lowest BCUT2D eigenvalue weighted by Crippen LogP contribution is -2.33. The molecule has 1 aromatic carbocycles. The van der Waals surface area contributed by atoms with Crippen LogP contribution in [0, 0.1) is 5.92 Å². The Bertz CT molecular complexity index is 433. The highest BCUT2D eigenvalue weighted by Crippen LogP contribution is 2.44. The smallest absolute Gasteiger partial charge is 0.161 e. The molecule has 19 heavy (non-hydrogen) atoms. The molecule has 1 N–H and O–H groups in total. The highest BCUT2D eigenvalue weighted by atomic mass is 16.5. The first-order valence-electron chi connectivity index (χ1n) is 7.48. The predicted octanol–water partition coefficient (Wildman–Crippen LogP) is 2.95. The minimum absolute atomic E-state index is 0.691. The van der Waals surface area contributed by atoms with Gasteiger partial charge in [0.15, 0.2) is 11.5 Å². The van der Waals surface area contributed by atoms with E-state index in [0.717, 1.165) is 50.1 Å². The Hall–Kier alpha value is -1.22. The second-order valence-corrected chi connectivity index (χ2v) is 5.51. The summed E-state index contributed by atoms with van der Waals surface area (Å²) in [7, 11) is 0. The summed E-state index contributed by atoms with van der Waals surface area (Å²) in [4.78, 5) is 0. The summed E-state index contributed by atoms with van der Waals surface area (Å²) in [5.74, 6) is 3.31. The molecule has 0 amide bonds. The second kappa shape index (κ2) is 5.83. The molecule has 0 saturated heterocycles. The van der Waals surface area contributed by atoms with Gasteiger partial charge in [0.25, 0.3) is 0 Å². The van der Waals surface area contributed by atoms with Gasteiger partial charge in [-0.15, -0.1) is 0 Å². The molecule has 0 bridgehead atoms. The molecule has 0 radical (unpaired) electrons. The Morgan fingerprint density at radius 3 is 2.74 bits per heavy atom. The highest BCUT2D eigenvalue weighted by molar-refractivity contribution is 5.45. The van der Waals surface area contributed by atoms with Crippen molar-refractivity contribution in [3.8, 4) is 11.5 Å². The van der Waals surface area contributed by atoms with E-state index in [0.29, 0.717) is 5.92 Å². The van der Waals surface area contributed by atoms with Crippen molar-refractivity contribution in [2.75, 3.05) is 26.3 Å². The molecule has 3 heteroatoms. The monoisotopic (exact) mass is 261 g/mol. The van der Waals surface area contributed by atoms with Crippen molar-refractivity contribution in [2.45, 2.75) is 32.1 Å². The first-order chi connectivity index (χ1) is 9.38. The summed E-state index contributed by atoms with van der Waals surface area (Å²) >= 11 is 0. The maximum Gasteiger partial charge on any atom is 0.161 e. The van der Waals surface area contributed by atoms with Crippen LogP contribution < -0.4 is 14.8 Å². The van der Waals surface area contributed by atoms with Crippen LogP contribution >= 0.6 is 0 Å². The molecule has 1 fully saturated rings. The summed E-state index contributed by atoms with van der Waals surface area (Å²) in [6.07, 6.45) is 3.61. The Labute approximate surface area is 115 Å². The van der Waals surface area contributed by atoms with E-state index in [-0.39, 0.29) is 0 Å². The molecule has 1 saturated carbocycles. The molecule has 0 aromatic heterocycles.